The molecule has 0 N–H and O–H groups in total. The molecular formula is C19H22FNO2. The summed E-state index contributed by atoms with van der Waals surface area (Å²) >= 11 is 0. The van der Waals surface area contributed by atoms with E-state index in [1.54, 1.807) is 6.07 Å². The number of halogens is 1. The van der Waals surface area contributed by atoms with E-state index in [0.29, 0.717) is 31.0 Å². The molecule has 2 aliphatic rings. The molecule has 2 fully saturated rings. The fourth-order valence-electron chi connectivity index (χ4n) is 3.54. The lowest BCUT2D eigenvalue weighted by atomic mass is 9.78. The molecule has 0 atom stereocenters. The maximum atomic E-state index is 13.8. The van der Waals surface area contributed by atoms with Gasteiger partial charge in [-0.25, -0.2) is 4.39 Å². The fourth-order valence-corrected chi connectivity index (χ4v) is 3.54. The zero-order chi connectivity index (χ0) is 16.2. The van der Waals surface area contributed by atoms with Gasteiger partial charge in [0, 0.05) is 11.8 Å². The molecule has 1 aliphatic carbocycles. The van der Waals surface area contributed by atoms with Crippen molar-refractivity contribution in [3.8, 4) is 6.07 Å². The minimum absolute atomic E-state index is 0.107. The summed E-state index contributed by atoms with van der Waals surface area (Å²) in [5.41, 5.74) is 1.11. The average molecular weight is 315 g/mol. The molecule has 3 rings (SSSR count). The van der Waals surface area contributed by atoms with Crippen molar-refractivity contribution in [2.24, 2.45) is 11.8 Å². The molecule has 1 aliphatic heterocycles. The second-order valence-corrected chi connectivity index (χ2v) is 6.49. The van der Waals surface area contributed by atoms with Crippen molar-refractivity contribution in [3.63, 3.8) is 0 Å². The van der Waals surface area contributed by atoms with Gasteiger partial charge in [-0.05, 0) is 49.3 Å². The van der Waals surface area contributed by atoms with Crippen LogP contribution in [0.15, 0.2) is 30.9 Å². The van der Waals surface area contributed by atoms with E-state index in [1.165, 1.54) is 6.07 Å². The first-order valence-corrected chi connectivity index (χ1v) is 8.26. The maximum Gasteiger partial charge on any atom is 0.160 e. The van der Waals surface area contributed by atoms with Crippen LogP contribution in [0.2, 0.25) is 0 Å². The quantitative estimate of drug-likeness (QED) is 0.787. The van der Waals surface area contributed by atoms with E-state index in [2.05, 4.69) is 6.58 Å². The number of nitrogens with zero attached hydrogens (tertiary/aromatic N) is 1. The highest BCUT2D eigenvalue weighted by Gasteiger charge is 2.32. The van der Waals surface area contributed by atoms with Crippen molar-refractivity contribution in [2.45, 2.75) is 37.9 Å². The highest BCUT2D eigenvalue weighted by molar-refractivity contribution is 5.34. The lowest BCUT2D eigenvalue weighted by molar-refractivity contribution is -0.222. The third-order valence-corrected chi connectivity index (χ3v) is 5.02. The van der Waals surface area contributed by atoms with Crippen molar-refractivity contribution in [3.05, 3.63) is 47.8 Å². The minimum atomic E-state index is -0.415. The molecule has 1 heterocycles. The van der Waals surface area contributed by atoms with Gasteiger partial charge in [0.15, 0.2) is 6.29 Å². The fraction of sp³-hybridized carbons (Fsp3) is 0.526. The summed E-state index contributed by atoms with van der Waals surface area (Å²) < 4.78 is 25.4. The van der Waals surface area contributed by atoms with Crippen molar-refractivity contribution < 1.29 is 13.9 Å². The third kappa shape index (κ3) is 3.63. The van der Waals surface area contributed by atoms with E-state index in [0.717, 1.165) is 31.2 Å². The van der Waals surface area contributed by atoms with E-state index in [4.69, 9.17) is 14.7 Å². The Morgan fingerprint density at radius 2 is 1.87 bits per heavy atom. The van der Waals surface area contributed by atoms with Crippen molar-refractivity contribution in [1.29, 1.82) is 5.26 Å². The van der Waals surface area contributed by atoms with E-state index >= 15 is 0 Å². The van der Waals surface area contributed by atoms with Crippen LogP contribution in [0, 0.1) is 29.0 Å². The number of ether oxygens (including phenoxy) is 2. The standard InChI is InChI=1S/C19H22FNO2/c1-2-13-11-22-19(23-12-13)15-5-3-14(4-6-15)16-7-8-17(10-21)18(20)9-16/h2,7-9,13-15,19H,1,3-6,11-12H2. The Morgan fingerprint density at radius 3 is 2.43 bits per heavy atom. The maximum absolute atomic E-state index is 13.8. The third-order valence-electron chi connectivity index (χ3n) is 5.02. The summed E-state index contributed by atoms with van der Waals surface area (Å²) in [6.45, 7) is 5.15. The molecule has 0 bridgehead atoms. The predicted octanol–water partition coefficient (Wildman–Crippen LogP) is 4.15. The molecule has 0 unspecified atom stereocenters. The molecule has 122 valence electrons. The van der Waals surface area contributed by atoms with Crippen LogP contribution in [0.5, 0.6) is 0 Å². The molecule has 0 aromatic heterocycles. The summed E-state index contributed by atoms with van der Waals surface area (Å²) in [6, 6.07) is 6.86. The van der Waals surface area contributed by atoms with Gasteiger partial charge in [-0.3, -0.25) is 0 Å². The van der Waals surface area contributed by atoms with Crippen LogP contribution in [-0.2, 0) is 9.47 Å². The summed E-state index contributed by atoms with van der Waals surface area (Å²) in [4.78, 5) is 0. The lowest BCUT2D eigenvalue weighted by Gasteiger charge is -2.37. The average Bonchev–Trinajstić information content (AvgIpc) is 2.62. The van der Waals surface area contributed by atoms with E-state index < -0.39 is 5.82 Å². The largest absolute Gasteiger partial charge is 0.352 e. The molecule has 1 aromatic carbocycles. The molecule has 1 saturated carbocycles. The number of benzene rings is 1. The highest BCUT2D eigenvalue weighted by atomic mass is 19.1. The molecule has 1 aromatic rings. The number of hydrogen-bond acceptors (Lipinski definition) is 3. The zero-order valence-corrected chi connectivity index (χ0v) is 13.2. The van der Waals surface area contributed by atoms with Crippen LogP contribution >= 0.6 is 0 Å². The Labute approximate surface area is 136 Å². The molecule has 4 heteroatoms. The van der Waals surface area contributed by atoms with Crippen molar-refractivity contribution >= 4 is 0 Å². The van der Waals surface area contributed by atoms with Gasteiger partial charge in [-0.15, -0.1) is 6.58 Å². The van der Waals surface area contributed by atoms with Crippen LogP contribution in [0.1, 0.15) is 42.7 Å². The van der Waals surface area contributed by atoms with Crippen LogP contribution in [0.3, 0.4) is 0 Å². The number of rotatable bonds is 3. The summed E-state index contributed by atoms with van der Waals surface area (Å²) in [6.07, 6.45) is 5.83. The summed E-state index contributed by atoms with van der Waals surface area (Å²) in [5, 5.41) is 8.81. The SMILES string of the molecule is C=CC1COC(C2CCC(c3ccc(C#N)c(F)c3)CC2)OC1. The van der Waals surface area contributed by atoms with Gasteiger partial charge in [-0.2, -0.15) is 5.26 Å². The predicted molar refractivity (Wildman–Crippen MR) is 85.2 cm³/mol. The van der Waals surface area contributed by atoms with Gasteiger partial charge < -0.3 is 9.47 Å². The smallest absolute Gasteiger partial charge is 0.160 e. The Kier molecular flexibility index (Phi) is 5.09. The zero-order valence-electron chi connectivity index (χ0n) is 13.2. The van der Waals surface area contributed by atoms with E-state index in [1.807, 2.05) is 18.2 Å². The molecule has 1 saturated heterocycles. The second-order valence-electron chi connectivity index (χ2n) is 6.49. The van der Waals surface area contributed by atoms with Crippen LogP contribution in [0.25, 0.3) is 0 Å². The first-order valence-electron chi connectivity index (χ1n) is 8.26. The first-order chi connectivity index (χ1) is 11.2. The van der Waals surface area contributed by atoms with Crippen molar-refractivity contribution in [2.75, 3.05) is 13.2 Å². The summed E-state index contributed by atoms with van der Waals surface area (Å²) in [5.74, 6) is 0.656. The second kappa shape index (κ2) is 7.25. The van der Waals surface area contributed by atoms with Gasteiger partial charge in [-0.1, -0.05) is 12.1 Å². The van der Waals surface area contributed by atoms with E-state index in [9.17, 15) is 4.39 Å². The monoisotopic (exact) mass is 315 g/mol. The molecule has 0 radical (unpaired) electrons. The molecule has 0 amide bonds. The topological polar surface area (TPSA) is 42.2 Å². The van der Waals surface area contributed by atoms with Gasteiger partial charge in [0.2, 0.25) is 0 Å². The van der Waals surface area contributed by atoms with Gasteiger partial charge in [0.25, 0.3) is 0 Å². The van der Waals surface area contributed by atoms with Crippen LogP contribution < -0.4 is 0 Å². The lowest BCUT2D eigenvalue weighted by Crippen LogP contribution is -2.37. The van der Waals surface area contributed by atoms with Crippen LogP contribution in [-0.4, -0.2) is 19.5 Å². The number of nitriles is 1. The minimum Gasteiger partial charge on any atom is -0.352 e. The molecule has 0 spiro atoms. The number of hydrogen-bond donors (Lipinski definition) is 0. The normalized spacial score (nSPS) is 31.3. The Morgan fingerprint density at radius 1 is 1.17 bits per heavy atom. The van der Waals surface area contributed by atoms with Gasteiger partial charge in [0.05, 0.1) is 18.8 Å². The van der Waals surface area contributed by atoms with Crippen LogP contribution in [0.4, 0.5) is 4.39 Å². The molecular weight excluding hydrogens is 293 g/mol. The molecule has 23 heavy (non-hydrogen) atoms. The Balaban J connectivity index is 1.55. The Hall–Kier alpha value is -1.70. The first kappa shape index (κ1) is 16.2. The highest BCUT2D eigenvalue weighted by Crippen LogP contribution is 2.39. The van der Waals surface area contributed by atoms with Gasteiger partial charge in [0.1, 0.15) is 11.9 Å². The van der Waals surface area contributed by atoms with Crippen molar-refractivity contribution in [1.82, 2.24) is 0 Å². The Bertz CT molecular complexity index is 594. The van der Waals surface area contributed by atoms with Gasteiger partial charge >= 0.3 is 0 Å². The molecule has 3 nitrogen and oxygen atoms in total. The van der Waals surface area contributed by atoms with E-state index in [-0.39, 0.29) is 11.9 Å². The summed E-state index contributed by atoms with van der Waals surface area (Å²) in [7, 11) is 0.